The number of ether oxygens (including phenoxy) is 7. The van der Waals surface area contributed by atoms with Gasteiger partial charge in [0.15, 0.2) is 5.82 Å². The van der Waals surface area contributed by atoms with Crippen LogP contribution in [-0.2, 0) is 54.8 Å². The lowest BCUT2D eigenvalue weighted by molar-refractivity contribution is -0.926. The normalized spacial score (nSPS) is 13.9. The number of carbonyl (C=O) groups is 6. The molecule has 6 aromatic carbocycles. The van der Waals surface area contributed by atoms with Gasteiger partial charge in [-0.15, -0.1) is 11.3 Å². The highest BCUT2D eigenvalue weighted by Crippen LogP contribution is 2.50. The number of quaternary nitrogens is 1. The average molecular weight is 1540 g/mol. The van der Waals surface area contributed by atoms with Crippen LogP contribution in [0.2, 0.25) is 5.02 Å². The third kappa shape index (κ3) is 22.1. The van der Waals surface area contributed by atoms with Gasteiger partial charge in [0.25, 0.3) is 0 Å². The SMILES string of the molecule is COc1ccc(COC(=O)[C@@H](Cc2ccccc2OCc2ccnc(-c3ccccc3OC)n2)Oc2ncnc3sc(-c4ccc(F)cc4)c(-c4ccc(OCCN5CC[N+](C)(Cc6ccc(NC(=O)[C@H](CCCNC(N)=O)NC(=O)[C@@H](NC(=O)[C@H](CN)NC(=O)OC(C)(C)C)C(C)C)cc6)CC5)c(Cl)c4C)c23)cc1. The molecule has 0 saturated carbocycles. The van der Waals surface area contributed by atoms with Crippen molar-refractivity contribution in [1.82, 2.24) is 46.1 Å². The summed E-state index contributed by atoms with van der Waals surface area (Å²) >= 11 is 8.71. The fourth-order valence-corrected chi connectivity index (χ4v) is 13.9. The predicted molar refractivity (Wildman–Crippen MR) is 418 cm³/mol. The van der Waals surface area contributed by atoms with E-state index in [0.29, 0.717) is 96.4 Å². The van der Waals surface area contributed by atoms with Gasteiger partial charge in [0.05, 0.1) is 56.0 Å². The molecule has 0 unspecified atom stereocenters. The van der Waals surface area contributed by atoms with E-state index in [1.54, 1.807) is 97.5 Å². The minimum absolute atomic E-state index is 0.0151. The van der Waals surface area contributed by atoms with E-state index in [1.165, 1.54) is 29.8 Å². The number of benzene rings is 6. The van der Waals surface area contributed by atoms with Crippen LogP contribution in [0.4, 0.5) is 19.7 Å². The molecule has 1 fully saturated rings. The molecule has 0 radical (unpaired) electrons. The molecule has 10 rings (SSSR count). The Labute approximate surface area is 647 Å². The number of piperazine rings is 1. The number of nitrogens with two attached hydrogens (primary N) is 2. The number of methoxy groups -OCH3 is 2. The summed E-state index contributed by atoms with van der Waals surface area (Å²) in [5.74, 6) is -0.625. The number of likely N-dealkylation sites (N-methyl/N-ethyl adjacent to an activating group) is 1. The third-order valence-electron chi connectivity index (χ3n) is 18.5. The van der Waals surface area contributed by atoms with Crippen LogP contribution in [0.15, 0.2) is 152 Å². The number of para-hydroxylation sites is 2. The van der Waals surface area contributed by atoms with Gasteiger partial charge < -0.3 is 75.7 Å². The third-order valence-corrected chi connectivity index (χ3v) is 20.1. The number of thiophene rings is 1. The van der Waals surface area contributed by atoms with Crippen molar-refractivity contribution < 1.29 is 70.8 Å². The Bertz CT molecular complexity index is 4680. The van der Waals surface area contributed by atoms with Crippen molar-refractivity contribution in [2.75, 3.05) is 79.0 Å². The van der Waals surface area contributed by atoms with Crippen molar-refractivity contribution in [2.24, 2.45) is 17.4 Å². The van der Waals surface area contributed by atoms with Crippen molar-refractivity contribution in [2.45, 2.75) is 110 Å². The van der Waals surface area contributed by atoms with E-state index in [2.05, 4.69) is 43.5 Å². The van der Waals surface area contributed by atoms with Gasteiger partial charge >= 0.3 is 18.1 Å². The molecule has 1 saturated heterocycles. The van der Waals surface area contributed by atoms with Crippen molar-refractivity contribution in [3.63, 3.8) is 0 Å². The summed E-state index contributed by atoms with van der Waals surface area (Å²) in [5, 5.41) is 14.2. The van der Waals surface area contributed by atoms with E-state index in [0.717, 1.165) is 58.8 Å². The lowest BCUT2D eigenvalue weighted by Gasteiger charge is -2.42. The zero-order valence-electron chi connectivity index (χ0n) is 63.0. The molecule has 0 bridgehead atoms. The van der Waals surface area contributed by atoms with Gasteiger partial charge in [0, 0.05) is 67.0 Å². The summed E-state index contributed by atoms with van der Waals surface area (Å²) in [6, 6.07) is 37.1. The number of urea groups is 1. The minimum Gasteiger partial charge on any atom is -0.497 e. The van der Waals surface area contributed by atoms with Crippen molar-refractivity contribution in [3.05, 3.63) is 191 Å². The molecule has 110 heavy (non-hydrogen) atoms. The van der Waals surface area contributed by atoms with Crippen LogP contribution >= 0.6 is 22.9 Å². The number of nitrogens with zero attached hydrogens (tertiary/aromatic N) is 6. The highest BCUT2D eigenvalue weighted by molar-refractivity contribution is 7.22. The number of halogens is 2. The number of hydrogen-bond acceptors (Lipinski definition) is 20. The quantitative estimate of drug-likeness (QED) is 0.0112. The first kappa shape index (κ1) is 81.5. The highest BCUT2D eigenvalue weighted by atomic mass is 35.5. The van der Waals surface area contributed by atoms with E-state index in [1.807, 2.05) is 91.9 Å². The Kier molecular flexibility index (Phi) is 28.0. The Morgan fingerprint density at radius 1 is 0.745 bits per heavy atom. The molecule has 26 nitrogen and oxygen atoms in total. The van der Waals surface area contributed by atoms with Gasteiger partial charge in [-0.3, -0.25) is 19.3 Å². The average Bonchev–Trinajstić information content (AvgIpc) is 1.59. The van der Waals surface area contributed by atoms with E-state index in [-0.39, 0.29) is 51.4 Å². The van der Waals surface area contributed by atoms with Crippen LogP contribution in [0.5, 0.6) is 28.9 Å². The first-order valence-corrected chi connectivity index (χ1v) is 37.3. The van der Waals surface area contributed by atoms with Gasteiger partial charge in [-0.25, -0.2) is 38.7 Å². The van der Waals surface area contributed by atoms with Crippen LogP contribution in [0, 0.1) is 18.7 Å². The van der Waals surface area contributed by atoms with E-state index >= 15 is 0 Å². The first-order valence-electron chi connectivity index (χ1n) is 36.1. The summed E-state index contributed by atoms with van der Waals surface area (Å²) < 4.78 is 57.6. The number of fused-ring (bicyclic) bond motifs is 1. The minimum atomic E-state index is -1.29. The largest absolute Gasteiger partial charge is 0.497 e. The van der Waals surface area contributed by atoms with Gasteiger partial charge in [-0.05, 0) is 141 Å². The summed E-state index contributed by atoms with van der Waals surface area (Å²) in [6.45, 7) is 15.2. The Hall–Kier alpha value is -11.0. The molecule has 1 aliphatic rings. The molecule has 580 valence electrons. The number of amides is 6. The van der Waals surface area contributed by atoms with E-state index < -0.39 is 77.4 Å². The fraction of sp³-hybridized carbons (Fsp3) is 0.358. The lowest BCUT2D eigenvalue weighted by atomic mass is 9.96. The maximum atomic E-state index is 14.7. The van der Waals surface area contributed by atoms with E-state index in [9.17, 15) is 33.2 Å². The number of carbonyl (C=O) groups excluding carboxylic acids is 6. The fourth-order valence-electron chi connectivity index (χ4n) is 12.5. The van der Waals surface area contributed by atoms with Crippen LogP contribution in [0.3, 0.4) is 0 Å². The van der Waals surface area contributed by atoms with Crippen molar-refractivity contribution in [3.8, 4) is 61.8 Å². The molecule has 29 heteroatoms. The Morgan fingerprint density at radius 3 is 2.15 bits per heavy atom. The van der Waals surface area contributed by atoms with Crippen molar-refractivity contribution >= 4 is 74.7 Å². The van der Waals surface area contributed by atoms with Gasteiger partial charge in [0.2, 0.25) is 29.7 Å². The molecule has 1 aliphatic heterocycles. The molecule has 4 heterocycles. The number of alkyl carbamates (subject to hydrolysis) is 1. The zero-order valence-corrected chi connectivity index (χ0v) is 64.6. The second-order valence-electron chi connectivity index (χ2n) is 28.2. The predicted octanol–water partition coefficient (Wildman–Crippen LogP) is 11.1. The zero-order chi connectivity index (χ0) is 78.7. The number of nitrogens with one attached hydrogen (secondary N) is 5. The number of aromatic nitrogens is 4. The summed E-state index contributed by atoms with van der Waals surface area (Å²) in [4.78, 5) is 102. The smallest absolute Gasteiger partial charge is 0.408 e. The summed E-state index contributed by atoms with van der Waals surface area (Å²) in [5.41, 5.74) is 17.2. The molecule has 9 N–H and O–H groups in total. The standard InChI is InChI=1S/C81H93ClFN13O13S/c1-49(2)70(94-74(98)62(44-84)93-80(102)109-81(4,5)6)75(99)92-61(17-14-35-87-79(85)101)73(97)91-56-28-20-51(21-29-56)45-96(7)40-37-95(38-41-96)39-42-105-65-33-32-59(50(3)69(65)82)67-68-76(88-48-89-77(68)110-71(67)53-24-26-55(83)27-25-53)108-66(78(100)107-46-52-22-30-58(103-8)31-23-52)43-54-15-10-12-18-63(54)106-47-57-34-36-86-72(90-57)60-16-11-13-19-64(60)104-9/h10-13,15-16,18-34,36,48-49,61-62,66,70H,14,17,35,37-47,84H2,1-9H3,(H6-,85,87,91,92,93,94,97,98,99,101,102)/p+1/t61-,62-,66+,70-/m0/s1. The Morgan fingerprint density at radius 2 is 1.45 bits per heavy atom. The number of primary amides is 1. The topological polar surface area (TPSA) is 334 Å². The maximum Gasteiger partial charge on any atom is 0.408 e. The molecular weight excluding hydrogens is 1450 g/mol. The van der Waals surface area contributed by atoms with Gasteiger partial charge in [-0.2, -0.15) is 0 Å². The maximum absolute atomic E-state index is 14.7. The van der Waals surface area contributed by atoms with Crippen LogP contribution in [-0.4, -0.2) is 169 Å². The Balaban J connectivity index is 0.800. The second kappa shape index (κ2) is 37.9. The second-order valence-corrected chi connectivity index (χ2v) is 29.6. The molecule has 9 aromatic rings. The monoisotopic (exact) mass is 1540 g/mol. The number of esters is 1. The molecule has 6 amide bonds. The number of rotatable bonds is 34. The van der Waals surface area contributed by atoms with E-state index in [4.69, 9.17) is 71.2 Å². The first-order chi connectivity index (χ1) is 52.8. The highest BCUT2D eigenvalue weighted by Gasteiger charge is 2.35. The molecule has 0 aliphatic carbocycles. The molecular formula is C81H94ClFN13O13S+. The van der Waals surface area contributed by atoms with Gasteiger partial charge in [-0.1, -0.05) is 98.2 Å². The molecule has 3 aromatic heterocycles. The van der Waals surface area contributed by atoms with Crippen LogP contribution in [0.25, 0.3) is 43.2 Å². The lowest BCUT2D eigenvalue weighted by Crippen LogP contribution is -2.59. The number of anilines is 1. The van der Waals surface area contributed by atoms with Gasteiger partial charge in [0.1, 0.15) is 90.1 Å². The van der Waals surface area contributed by atoms with Crippen LogP contribution < -0.4 is 61.7 Å². The number of hydrogen-bond donors (Lipinski definition) is 7. The van der Waals surface area contributed by atoms with Crippen LogP contribution in [0.1, 0.15) is 75.4 Å². The summed E-state index contributed by atoms with van der Waals surface area (Å²) in [6.07, 6.45) is 1.27. The summed E-state index contributed by atoms with van der Waals surface area (Å²) in [7, 11) is 5.38. The molecule has 4 atom stereocenters. The molecule has 0 spiro atoms. The van der Waals surface area contributed by atoms with Crippen molar-refractivity contribution in [1.29, 1.82) is 0 Å².